The molecule has 0 fully saturated rings. The molecule has 5 heteroatoms. The SMILES string of the molecule is NC1C(=O)N(Cc2cccc(Br)c2)c2ccc(Br)cc21. The fourth-order valence-electron chi connectivity index (χ4n) is 2.42. The van der Waals surface area contributed by atoms with Crippen molar-refractivity contribution in [3.63, 3.8) is 0 Å². The molecule has 0 saturated carbocycles. The normalized spacial score (nSPS) is 17.4. The number of fused-ring (bicyclic) bond motifs is 1. The molecule has 0 spiro atoms. The third-order valence-corrected chi connectivity index (χ3v) is 4.36. The summed E-state index contributed by atoms with van der Waals surface area (Å²) in [6.07, 6.45) is 0. The molecule has 20 heavy (non-hydrogen) atoms. The minimum atomic E-state index is -0.574. The van der Waals surface area contributed by atoms with Gasteiger partial charge in [0.05, 0.1) is 6.54 Å². The molecule has 0 radical (unpaired) electrons. The van der Waals surface area contributed by atoms with Gasteiger partial charge >= 0.3 is 0 Å². The quantitative estimate of drug-likeness (QED) is 0.841. The summed E-state index contributed by atoms with van der Waals surface area (Å²) in [5, 5.41) is 0. The van der Waals surface area contributed by atoms with Crippen LogP contribution in [0.2, 0.25) is 0 Å². The predicted octanol–water partition coefficient (Wildman–Crippen LogP) is 3.76. The molecule has 1 atom stereocenters. The number of amides is 1. The van der Waals surface area contributed by atoms with E-state index in [1.165, 1.54) is 0 Å². The Hall–Kier alpha value is -1.17. The number of anilines is 1. The predicted molar refractivity (Wildman–Crippen MR) is 86.4 cm³/mol. The maximum atomic E-state index is 12.3. The fourth-order valence-corrected chi connectivity index (χ4v) is 3.25. The maximum Gasteiger partial charge on any atom is 0.248 e. The van der Waals surface area contributed by atoms with Crippen LogP contribution in [-0.4, -0.2) is 5.91 Å². The van der Waals surface area contributed by atoms with E-state index in [0.717, 1.165) is 25.8 Å². The third-order valence-electron chi connectivity index (χ3n) is 3.38. The lowest BCUT2D eigenvalue weighted by Gasteiger charge is -2.18. The van der Waals surface area contributed by atoms with Gasteiger partial charge in [0.25, 0.3) is 0 Å². The Morgan fingerprint density at radius 2 is 1.85 bits per heavy atom. The summed E-state index contributed by atoms with van der Waals surface area (Å²) in [5.41, 5.74) is 8.85. The Morgan fingerprint density at radius 3 is 2.60 bits per heavy atom. The highest BCUT2D eigenvalue weighted by Gasteiger charge is 2.34. The van der Waals surface area contributed by atoms with E-state index in [9.17, 15) is 4.79 Å². The van der Waals surface area contributed by atoms with Crippen molar-refractivity contribution in [1.29, 1.82) is 0 Å². The molecule has 0 aliphatic carbocycles. The smallest absolute Gasteiger partial charge is 0.248 e. The van der Waals surface area contributed by atoms with E-state index in [0.29, 0.717) is 6.54 Å². The highest BCUT2D eigenvalue weighted by Crippen LogP contribution is 2.37. The van der Waals surface area contributed by atoms with Gasteiger partial charge < -0.3 is 10.6 Å². The van der Waals surface area contributed by atoms with Gasteiger partial charge in [0.2, 0.25) is 5.91 Å². The van der Waals surface area contributed by atoms with Gasteiger partial charge in [0.1, 0.15) is 6.04 Å². The van der Waals surface area contributed by atoms with Gasteiger partial charge in [0.15, 0.2) is 0 Å². The Kier molecular flexibility index (Phi) is 3.67. The van der Waals surface area contributed by atoms with E-state index in [1.54, 1.807) is 4.90 Å². The van der Waals surface area contributed by atoms with Gasteiger partial charge in [-0.3, -0.25) is 4.79 Å². The standard InChI is InChI=1S/C15H12Br2N2O/c16-10-3-1-2-9(6-10)8-19-13-5-4-11(17)7-12(13)14(18)15(19)20/h1-7,14H,8,18H2. The minimum Gasteiger partial charge on any atom is -0.316 e. The van der Waals surface area contributed by atoms with E-state index in [-0.39, 0.29) is 5.91 Å². The number of hydrogen-bond acceptors (Lipinski definition) is 2. The molecule has 1 unspecified atom stereocenters. The second-order valence-corrected chi connectivity index (χ2v) is 6.57. The van der Waals surface area contributed by atoms with Gasteiger partial charge in [-0.2, -0.15) is 0 Å². The average molecular weight is 396 g/mol. The monoisotopic (exact) mass is 394 g/mol. The van der Waals surface area contributed by atoms with Crippen molar-refractivity contribution in [1.82, 2.24) is 0 Å². The molecular formula is C15H12Br2N2O. The van der Waals surface area contributed by atoms with E-state index in [4.69, 9.17) is 5.73 Å². The molecule has 2 aromatic rings. The number of nitrogens with zero attached hydrogens (tertiary/aromatic N) is 1. The molecule has 2 aromatic carbocycles. The second kappa shape index (κ2) is 5.31. The Morgan fingerprint density at radius 1 is 1.10 bits per heavy atom. The summed E-state index contributed by atoms with van der Waals surface area (Å²) in [6.45, 7) is 0.528. The van der Waals surface area contributed by atoms with Crippen molar-refractivity contribution in [3.8, 4) is 0 Å². The first kappa shape index (κ1) is 13.8. The molecule has 1 aliphatic heterocycles. The van der Waals surface area contributed by atoms with E-state index < -0.39 is 6.04 Å². The molecule has 3 rings (SSSR count). The van der Waals surface area contributed by atoms with Crippen LogP contribution in [0.15, 0.2) is 51.4 Å². The van der Waals surface area contributed by atoms with Crippen LogP contribution in [0.25, 0.3) is 0 Å². The van der Waals surface area contributed by atoms with E-state index >= 15 is 0 Å². The number of benzene rings is 2. The second-order valence-electron chi connectivity index (χ2n) is 4.74. The van der Waals surface area contributed by atoms with Gasteiger partial charge in [-0.1, -0.05) is 44.0 Å². The molecule has 1 heterocycles. The van der Waals surface area contributed by atoms with Crippen molar-refractivity contribution in [2.45, 2.75) is 12.6 Å². The van der Waals surface area contributed by atoms with Crippen LogP contribution >= 0.6 is 31.9 Å². The molecule has 3 nitrogen and oxygen atoms in total. The lowest BCUT2D eigenvalue weighted by molar-refractivity contribution is -0.119. The topological polar surface area (TPSA) is 46.3 Å². The molecule has 0 aromatic heterocycles. The van der Waals surface area contributed by atoms with Crippen molar-refractivity contribution >= 4 is 43.5 Å². The summed E-state index contributed by atoms with van der Waals surface area (Å²) in [5.74, 6) is -0.0573. The number of carbonyl (C=O) groups excluding carboxylic acids is 1. The van der Waals surface area contributed by atoms with Crippen LogP contribution in [0.4, 0.5) is 5.69 Å². The molecule has 0 bridgehead atoms. The molecule has 1 aliphatic rings. The van der Waals surface area contributed by atoms with Gasteiger partial charge in [-0.05, 0) is 35.9 Å². The fraction of sp³-hybridized carbons (Fsp3) is 0.133. The zero-order valence-corrected chi connectivity index (χ0v) is 13.7. The molecule has 102 valence electrons. The first-order chi connectivity index (χ1) is 9.56. The number of carbonyl (C=O) groups is 1. The lowest BCUT2D eigenvalue weighted by Crippen LogP contribution is -2.31. The first-order valence-corrected chi connectivity index (χ1v) is 7.76. The number of rotatable bonds is 2. The Bertz CT molecular complexity index is 687. The molecule has 0 saturated heterocycles. The number of halogens is 2. The van der Waals surface area contributed by atoms with Gasteiger partial charge in [-0.15, -0.1) is 0 Å². The summed E-state index contributed by atoms with van der Waals surface area (Å²) < 4.78 is 1.94. The summed E-state index contributed by atoms with van der Waals surface area (Å²) in [7, 11) is 0. The maximum absolute atomic E-state index is 12.3. The summed E-state index contributed by atoms with van der Waals surface area (Å²) in [4.78, 5) is 14.1. The minimum absolute atomic E-state index is 0.0573. The van der Waals surface area contributed by atoms with Crippen LogP contribution in [0, 0.1) is 0 Å². The molecule has 1 amide bonds. The zero-order valence-electron chi connectivity index (χ0n) is 10.5. The third kappa shape index (κ3) is 2.41. The van der Waals surface area contributed by atoms with Crippen molar-refractivity contribution < 1.29 is 4.79 Å². The average Bonchev–Trinajstić information content (AvgIpc) is 2.64. The van der Waals surface area contributed by atoms with Gasteiger partial charge in [-0.25, -0.2) is 0 Å². The summed E-state index contributed by atoms with van der Waals surface area (Å²) in [6, 6.07) is 13.1. The molecule has 2 N–H and O–H groups in total. The van der Waals surface area contributed by atoms with Gasteiger partial charge in [0, 0.05) is 20.2 Å². The Labute approximate surface area is 134 Å². The van der Waals surface area contributed by atoms with Crippen molar-refractivity contribution in [3.05, 3.63) is 62.5 Å². The molecular weight excluding hydrogens is 384 g/mol. The van der Waals surface area contributed by atoms with E-state index in [1.807, 2.05) is 42.5 Å². The first-order valence-electron chi connectivity index (χ1n) is 6.17. The van der Waals surface area contributed by atoms with E-state index in [2.05, 4.69) is 31.9 Å². The highest BCUT2D eigenvalue weighted by atomic mass is 79.9. The van der Waals surface area contributed by atoms with Crippen molar-refractivity contribution in [2.75, 3.05) is 4.90 Å². The van der Waals surface area contributed by atoms with Crippen LogP contribution in [-0.2, 0) is 11.3 Å². The zero-order chi connectivity index (χ0) is 14.3. The number of hydrogen-bond donors (Lipinski definition) is 1. The Balaban J connectivity index is 1.97. The highest BCUT2D eigenvalue weighted by molar-refractivity contribution is 9.10. The van der Waals surface area contributed by atoms with Crippen LogP contribution in [0.1, 0.15) is 17.2 Å². The van der Waals surface area contributed by atoms with Crippen LogP contribution in [0.5, 0.6) is 0 Å². The van der Waals surface area contributed by atoms with Crippen LogP contribution in [0.3, 0.4) is 0 Å². The van der Waals surface area contributed by atoms with Crippen molar-refractivity contribution in [2.24, 2.45) is 5.73 Å². The summed E-state index contributed by atoms with van der Waals surface area (Å²) >= 11 is 6.86. The van der Waals surface area contributed by atoms with Crippen LogP contribution < -0.4 is 10.6 Å². The largest absolute Gasteiger partial charge is 0.316 e. The number of nitrogens with two attached hydrogens (primary N) is 1. The lowest BCUT2D eigenvalue weighted by atomic mass is 10.1.